The number of carbonyl (C=O) groups excluding carboxylic acids is 5. The lowest BCUT2D eigenvalue weighted by Gasteiger charge is -2.25. The third kappa shape index (κ3) is 23.0. The Bertz CT molecular complexity index is 1250. The van der Waals surface area contributed by atoms with Gasteiger partial charge in [0.2, 0.25) is 23.6 Å². The number of carbonyl (C=O) groups is 5. The first-order valence-electron chi connectivity index (χ1n) is 16.9. The summed E-state index contributed by atoms with van der Waals surface area (Å²) in [7, 11) is 0. The smallest absolute Gasteiger partial charge is 0.312 e. The molecule has 292 valence electrons. The normalized spacial score (nSPS) is 11.9. The topological polar surface area (TPSA) is 287 Å². The van der Waals surface area contributed by atoms with Crippen molar-refractivity contribution < 1.29 is 52.8 Å². The maximum absolute atomic E-state index is 13.3. The maximum Gasteiger partial charge on any atom is 0.312 e. The van der Waals surface area contributed by atoms with Crippen LogP contribution in [-0.4, -0.2) is 133 Å². The number of rotatable bonds is 30. The molecule has 6 amide bonds. The summed E-state index contributed by atoms with van der Waals surface area (Å²) in [5, 5.41) is 25.6. The zero-order chi connectivity index (χ0) is 38.4. The first-order chi connectivity index (χ1) is 25.1. The van der Waals surface area contributed by atoms with E-state index in [2.05, 4.69) is 36.6 Å². The van der Waals surface area contributed by atoms with Crippen LogP contribution in [0.25, 0.3) is 10.4 Å². The summed E-state index contributed by atoms with van der Waals surface area (Å²) >= 11 is 0. The quantitative estimate of drug-likeness (QED) is 0.0233. The Morgan fingerprint density at radius 3 is 1.96 bits per heavy atom. The van der Waals surface area contributed by atoms with Crippen molar-refractivity contribution in [1.82, 2.24) is 21.3 Å². The lowest BCUT2D eigenvalue weighted by molar-refractivity contribution is -0.135. The summed E-state index contributed by atoms with van der Waals surface area (Å²) in [6, 6.07) is 3.74. The maximum atomic E-state index is 13.3. The summed E-state index contributed by atoms with van der Waals surface area (Å²) < 4.78 is 26.5. The Kier molecular flexibility index (Phi) is 25.4. The van der Waals surface area contributed by atoms with Crippen LogP contribution in [0, 0.1) is 5.92 Å². The van der Waals surface area contributed by atoms with E-state index in [9.17, 15) is 29.1 Å². The molecule has 0 aromatic heterocycles. The molecule has 0 aliphatic heterocycles. The molecule has 0 saturated carbocycles. The molecule has 0 aliphatic rings. The Morgan fingerprint density at radius 1 is 0.788 bits per heavy atom. The monoisotopic (exact) mass is 739 g/mol. The number of azide groups is 1. The zero-order valence-corrected chi connectivity index (χ0v) is 29.8. The van der Waals surface area contributed by atoms with Crippen molar-refractivity contribution in [3.05, 3.63) is 40.3 Å². The standard InChI is InChI=1S/C32H53N9O11/c1-23(2)29(31(46)39-26(4-3-9-36-32(33)47)30(45)38-25-7-5-24(20-42)6-8-25)40-28(44)22-52-21-27(43)35-10-12-48-14-16-50-18-19-51-17-15-49-13-11-37-41-34/h5-8,23,26,29,42H,3-4,9-22H2,1-2H3,(H,35,43)(H,38,45)(H,39,46)(H,40,44)(H3,33,36,47). The van der Waals surface area contributed by atoms with E-state index in [-0.39, 0.29) is 45.2 Å². The first-order valence-corrected chi connectivity index (χ1v) is 16.9. The van der Waals surface area contributed by atoms with Gasteiger partial charge in [-0.1, -0.05) is 31.1 Å². The average molecular weight is 740 g/mol. The van der Waals surface area contributed by atoms with E-state index in [0.29, 0.717) is 63.9 Å². The number of amides is 6. The molecule has 0 saturated heterocycles. The molecule has 8 N–H and O–H groups in total. The number of ether oxygens (including phenoxy) is 5. The van der Waals surface area contributed by atoms with Gasteiger partial charge in [0, 0.05) is 30.2 Å². The molecular formula is C32H53N9O11. The van der Waals surface area contributed by atoms with Gasteiger partial charge >= 0.3 is 6.03 Å². The second-order valence-electron chi connectivity index (χ2n) is 11.4. The van der Waals surface area contributed by atoms with Gasteiger partial charge < -0.3 is 61.1 Å². The number of aliphatic hydroxyl groups excluding tert-OH is 1. The number of hydrogen-bond donors (Lipinski definition) is 7. The molecular weight excluding hydrogens is 686 g/mol. The van der Waals surface area contributed by atoms with E-state index in [0.717, 1.165) is 0 Å². The van der Waals surface area contributed by atoms with Crippen molar-refractivity contribution in [2.24, 2.45) is 16.8 Å². The van der Waals surface area contributed by atoms with Gasteiger partial charge in [0.05, 0.1) is 59.5 Å². The number of aliphatic hydroxyl groups is 1. The van der Waals surface area contributed by atoms with E-state index in [1.807, 2.05) is 0 Å². The van der Waals surface area contributed by atoms with Crippen molar-refractivity contribution in [2.75, 3.05) is 91.0 Å². The van der Waals surface area contributed by atoms with Crippen LogP contribution in [0.4, 0.5) is 10.5 Å². The van der Waals surface area contributed by atoms with Crippen LogP contribution >= 0.6 is 0 Å². The number of urea groups is 1. The Hall–Kier alpha value is -4.56. The largest absolute Gasteiger partial charge is 0.392 e. The van der Waals surface area contributed by atoms with Crippen molar-refractivity contribution in [3.8, 4) is 0 Å². The van der Waals surface area contributed by atoms with Gasteiger partial charge in [-0.3, -0.25) is 19.2 Å². The highest BCUT2D eigenvalue weighted by Crippen LogP contribution is 2.12. The van der Waals surface area contributed by atoms with E-state index >= 15 is 0 Å². The van der Waals surface area contributed by atoms with Crippen molar-refractivity contribution in [2.45, 2.75) is 45.4 Å². The van der Waals surface area contributed by atoms with E-state index in [1.54, 1.807) is 38.1 Å². The van der Waals surface area contributed by atoms with Gasteiger partial charge in [-0.05, 0) is 42.0 Å². The molecule has 2 atom stereocenters. The van der Waals surface area contributed by atoms with Gasteiger partial charge in [-0.2, -0.15) is 0 Å². The van der Waals surface area contributed by atoms with Crippen molar-refractivity contribution >= 4 is 35.3 Å². The highest BCUT2D eigenvalue weighted by atomic mass is 16.6. The van der Waals surface area contributed by atoms with Crippen LogP contribution in [-0.2, 0) is 49.5 Å². The lowest BCUT2D eigenvalue weighted by atomic mass is 10.0. The third-order valence-corrected chi connectivity index (χ3v) is 6.82. The fourth-order valence-electron chi connectivity index (χ4n) is 4.18. The van der Waals surface area contributed by atoms with Crippen LogP contribution in [0.3, 0.4) is 0 Å². The summed E-state index contributed by atoms with van der Waals surface area (Å²) in [5.41, 5.74) is 14.4. The Morgan fingerprint density at radius 2 is 1.38 bits per heavy atom. The molecule has 52 heavy (non-hydrogen) atoms. The number of nitrogens with two attached hydrogens (primary N) is 1. The van der Waals surface area contributed by atoms with Gasteiger partial charge in [-0.25, -0.2) is 4.79 Å². The van der Waals surface area contributed by atoms with E-state index in [1.165, 1.54) is 0 Å². The number of anilines is 1. The molecule has 0 spiro atoms. The molecule has 20 heteroatoms. The second kappa shape index (κ2) is 29.1. The number of primary amides is 1. The third-order valence-electron chi connectivity index (χ3n) is 6.82. The fraction of sp³-hybridized carbons (Fsp3) is 0.656. The average Bonchev–Trinajstić information content (AvgIpc) is 3.11. The number of hydrogen-bond acceptors (Lipinski definition) is 12. The van der Waals surface area contributed by atoms with Crippen LogP contribution in [0.15, 0.2) is 29.4 Å². The van der Waals surface area contributed by atoms with Crippen LogP contribution < -0.4 is 32.3 Å². The van der Waals surface area contributed by atoms with Crippen LogP contribution in [0.1, 0.15) is 32.3 Å². The second-order valence-corrected chi connectivity index (χ2v) is 11.4. The number of nitrogens with one attached hydrogen (secondary N) is 5. The van der Waals surface area contributed by atoms with Crippen molar-refractivity contribution in [1.29, 1.82) is 0 Å². The summed E-state index contributed by atoms with van der Waals surface area (Å²) in [4.78, 5) is 64.7. The highest BCUT2D eigenvalue weighted by Gasteiger charge is 2.29. The molecule has 1 aromatic carbocycles. The predicted molar refractivity (Wildman–Crippen MR) is 188 cm³/mol. The van der Waals surface area contributed by atoms with Crippen LogP contribution in [0.5, 0.6) is 0 Å². The van der Waals surface area contributed by atoms with Crippen LogP contribution in [0.2, 0.25) is 0 Å². The van der Waals surface area contributed by atoms with Crippen molar-refractivity contribution in [3.63, 3.8) is 0 Å². The van der Waals surface area contributed by atoms with Gasteiger partial charge in [-0.15, -0.1) is 0 Å². The van der Waals surface area contributed by atoms with E-state index < -0.39 is 55.0 Å². The number of benzene rings is 1. The summed E-state index contributed by atoms with van der Waals surface area (Å²) in [6.45, 7) is 5.86. The summed E-state index contributed by atoms with van der Waals surface area (Å²) in [5.74, 6) is -2.60. The number of nitrogens with zero attached hydrogens (tertiary/aromatic N) is 3. The molecule has 0 fully saturated rings. The fourth-order valence-corrected chi connectivity index (χ4v) is 4.18. The Labute approximate surface area is 302 Å². The highest BCUT2D eigenvalue weighted by molar-refractivity contribution is 5.98. The van der Waals surface area contributed by atoms with Gasteiger partial charge in [0.15, 0.2) is 0 Å². The molecule has 2 unspecified atom stereocenters. The minimum Gasteiger partial charge on any atom is -0.392 e. The molecule has 1 aromatic rings. The summed E-state index contributed by atoms with van der Waals surface area (Å²) in [6.07, 6.45) is 0.469. The molecule has 0 radical (unpaired) electrons. The van der Waals surface area contributed by atoms with Gasteiger partial charge in [0.1, 0.15) is 25.3 Å². The molecule has 0 heterocycles. The molecule has 0 aliphatic carbocycles. The zero-order valence-electron chi connectivity index (χ0n) is 29.8. The minimum atomic E-state index is -1.02. The first kappa shape index (κ1) is 45.5. The predicted octanol–water partition coefficient (Wildman–Crippen LogP) is -0.299. The minimum absolute atomic E-state index is 0.152. The Balaban J connectivity index is 2.35. The lowest BCUT2D eigenvalue weighted by Crippen LogP contribution is -2.55. The SMILES string of the molecule is CC(C)C(NC(=O)COCC(=O)NCCOCCOCCOCCOCCN=[N+]=[N-])C(=O)NC(CCCNC(N)=O)C(=O)Nc1ccc(CO)cc1. The molecule has 1 rings (SSSR count). The molecule has 0 bridgehead atoms. The van der Waals surface area contributed by atoms with Gasteiger partial charge in [0.25, 0.3) is 0 Å². The molecule has 20 nitrogen and oxygen atoms in total. The van der Waals surface area contributed by atoms with E-state index in [4.69, 9.17) is 34.9 Å².